The Kier molecular flexibility index (Phi) is 4.09. The van der Waals surface area contributed by atoms with Crippen LogP contribution in [-0.4, -0.2) is 34.3 Å². The van der Waals surface area contributed by atoms with Crippen molar-refractivity contribution in [2.45, 2.75) is 18.9 Å². The van der Waals surface area contributed by atoms with E-state index in [1.165, 1.54) is 0 Å². The van der Waals surface area contributed by atoms with Gasteiger partial charge in [0.05, 0.1) is 0 Å². The summed E-state index contributed by atoms with van der Waals surface area (Å²) >= 11 is 6.97. The number of piperidine rings is 1. The van der Waals surface area contributed by atoms with Crippen LogP contribution in [0.1, 0.15) is 12.8 Å². The summed E-state index contributed by atoms with van der Waals surface area (Å²) in [5.74, 6) is 1.53. The van der Waals surface area contributed by atoms with Crippen molar-refractivity contribution in [1.82, 2.24) is 15.2 Å². The van der Waals surface area contributed by atoms with Crippen molar-refractivity contribution in [3.63, 3.8) is 0 Å². The Morgan fingerprint density at radius 3 is 2.45 bits per heavy atom. The van der Waals surface area contributed by atoms with Gasteiger partial charge in [-0.25, -0.2) is 0 Å². The third kappa shape index (κ3) is 3.05. The van der Waals surface area contributed by atoms with E-state index >= 15 is 0 Å². The van der Waals surface area contributed by atoms with Gasteiger partial charge in [0.2, 0.25) is 5.95 Å². The molecule has 1 fully saturated rings. The Hall–Kier alpha value is -0.920. The maximum atomic E-state index is 5.92. The molecule has 1 aliphatic heterocycles. The summed E-state index contributed by atoms with van der Waals surface area (Å²) in [4.78, 5) is 6.77. The van der Waals surface area contributed by atoms with Gasteiger partial charge in [0, 0.05) is 33.6 Å². The van der Waals surface area contributed by atoms with Crippen molar-refractivity contribution in [1.29, 1.82) is 0 Å². The summed E-state index contributed by atoms with van der Waals surface area (Å²) in [7, 11) is 0. The Morgan fingerprint density at radius 1 is 1.15 bits per heavy atom. The number of nitrogens with one attached hydrogen (secondary N) is 1. The number of aromatic nitrogens is 3. The third-order valence-electron chi connectivity index (χ3n) is 3.43. The number of halogens is 2. The number of hydrogen-bond acceptors (Lipinski definition) is 4. The van der Waals surface area contributed by atoms with Crippen LogP contribution in [-0.2, 0) is 0 Å². The Morgan fingerprint density at radius 2 is 1.80 bits per heavy atom. The molecular formula is C13H15Br2N5. The number of nitrogens with zero attached hydrogens (tertiary/aromatic N) is 3. The monoisotopic (exact) mass is 399 g/mol. The highest BCUT2D eigenvalue weighted by atomic mass is 79.9. The molecule has 0 bridgehead atoms. The van der Waals surface area contributed by atoms with E-state index in [1.54, 1.807) is 0 Å². The molecular weight excluding hydrogens is 386 g/mol. The Bertz CT molecular complexity index is 584. The van der Waals surface area contributed by atoms with Crippen LogP contribution in [0.3, 0.4) is 0 Å². The minimum absolute atomic E-state index is 0.311. The Labute approximate surface area is 134 Å². The second-order valence-corrected chi connectivity index (χ2v) is 6.80. The van der Waals surface area contributed by atoms with E-state index in [0.29, 0.717) is 6.04 Å². The first kappa shape index (κ1) is 14.0. The standard InChI is InChI=1S/C13H15Br2N5/c14-9-5-8(6-10(15)7-9)12-17-13(19-18-12)20-3-1-11(16)2-4-20/h5-7,11H,1-4,16H2,(H,17,18,19). The number of H-pyrrole nitrogens is 1. The molecule has 3 N–H and O–H groups in total. The fraction of sp³-hybridized carbons (Fsp3) is 0.385. The summed E-state index contributed by atoms with van der Waals surface area (Å²) < 4.78 is 2.01. The highest BCUT2D eigenvalue weighted by molar-refractivity contribution is 9.11. The van der Waals surface area contributed by atoms with Crippen molar-refractivity contribution in [2.75, 3.05) is 18.0 Å². The predicted molar refractivity (Wildman–Crippen MR) is 86.6 cm³/mol. The minimum Gasteiger partial charge on any atom is -0.339 e. The summed E-state index contributed by atoms with van der Waals surface area (Å²) in [5, 5.41) is 7.33. The zero-order valence-electron chi connectivity index (χ0n) is 10.8. The number of benzene rings is 1. The fourth-order valence-electron chi connectivity index (χ4n) is 2.31. The van der Waals surface area contributed by atoms with Gasteiger partial charge in [-0.15, -0.1) is 5.10 Å². The van der Waals surface area contributed by atoms with Crippen LogP contribution in [0.25, 0.3) is 11.4 Å². The molecule has 2 heterocycles. The van der Waals surface area contributed by atoms with Gasteiger partial charge in [-0.05, 0) is 31.0 Å². The van der Waals surface area contributed by atoms with Gasteiger partial charge in [0.25, 0.3) is 0 Å². The second-order valence-electron chi connectivity index (χ2n) is 4.97. The van der Waals surface area contributed by atoms with E-state index in [4.69, 9.17) is 5.73 Å². The van der Waals surface area contributed by atoms with Crippen LogP contribution in [0.15, 0.2) is 27.1 Å². The van der Waals surface area contributed by atoms with Gasteiger partial charge in [0.15, 0.2) is 5.82 Å². The molecule has 3 rings (SSSR count). The van der Waals surface area contributed by atoms with Crippen molar-refractivity contribution in [2.24, 2.45) is 5.73 Å². The van der Waals surface area contributed by atoms with E-state index in [-0.39, 0.29) is 0 Å². The molecule has 106 valence electrons. The molecule has 0 aliphatic carbocycles. The van der Waals surface area contributed by atoms with Crippen molar-refractivity contribution >= 4 is 37.8 Å². The van der Waals surface area contributed by atoms with Gasteiger partial charge in [-0.1, -0.05) is 31.9 Å². The van der Waals surface area contributed by atoms with Crippen LogP contribution in [0.2, 0.25) is 0 Å². The molecule has 0 spiro atoms. The lowest BCUT2D eigenvalue weighted by atomic mass is 10.1. The maximum Gasteiger partial charge on any atom is 0.245 e. The van der Waals surface area contributed by atoms with Crippen LogP contribution in [0, 0.1) is 0 Å². The molecule has 2 aromatic rings. The number of anilines is 1. The highest BCUT2D eigenvalue weighted by Gasteiger charge is 2.19. The zero-order valence-corrected chi connectivity index (χ0v) is 14.0. The minimum atomic E-state index is 0.311. The molecule has 5 nitrogen and oxygen atoms in total. The topological polar surface area (TPSA) is 70.8 Å². The molecule has 7 heteroatoms. The molecule has 1 saturated heterocycles. The second kappa shape index (κ2) is 5.83. The van der Waals surface area contributed by atoms with Crippen molar-refractivity contribution < 1.29 is 0 Å². The van der Waals surface area contributed by atoms with E-state index in [9.17, 15) is 0 Å². The summed E-state index contributed by atoms with van der Waals surface area (Å²) in [5.41, 5.74) is 6.92. The van der Waals surface area contributed by atoms with Gasteiger partial charge >= 0.3 is 0 Å². The average Bonchev–Trinajstić information content (AvgIpc) is 2.88. The largest absolute Gasteiger partial charge is 0.339 e. The first-order valence-corrected chi connectivity index (χ1v) is 8.10. The fourth-order valence-corrected chi connectivity index (χ4v) is 3.61. The van der Waals surface area contributed by atoms with Crippen molar-refractivity contribution in [3.05, 3.63) is 27.1 Å². The first-order valence-electron chi connectivity index (χ1n) is 6.51. The van der Waals surface area contributed by atoms with E-state index in [1.807, 2.05) is 18.2 Å². The Balaban J connectivity index is 1.83. The molecule has 0 amide bonds. The predicted octanol–water partition coefficient (Wildman–Crippen LogP) is 2.92. The molecule has 0 unspecified atom stereocenters. The van der Waals surface area contributed by atoms with Gasteiger partial charge in [0.1, 0.15) is 0 Å². The normalized spacial score (nSPS) is 16.6. The SMILES string of the molecule is NC1CCN(c2n[nH]c(-c3cc(Br)cc(Br)c3)n2)CC1. The molecule has 1 aromatic carbocycles. The lowest BCUT2D eigenvalue weighted by Crippen LogP contribution is -2.40. The zero-order chi connectivity index (χ0) is 14.1. The number of rotatable bonds is 2. The highest BCUT2D eigenvalue weighted by Crippen LogP contribution is 2.26. The van der Waals surface area contributed by atoms with Gasteiger partial charge < -0.3 is 10.6 Å². The molecule has 0 atom stereocenters. The van der Waals surface area contributed by atoms with E-state index in [2.05, 4.69) is 51.9 Å². The van der Waals surface area contributed by atoms with Crippen molar-refractivity contribution in [3.8, 4) is 11.4 Å². The average molecular weight is 401 g/mol. The van der Waals surface area contributed by atoms with Gasteiger partial charge in [-0.2, -0.15) is 4.98 Å². The molecule has 1 aliphatic rings. The molecule has 1 aromatic heterocycles. The first-order chi connectivity index (χ1) is 9.61. The summed E-state index contributed by atoms with van der Waals surface area (Å²) in [6, 6.07) is 6.33. The lowest BCUT2D eigenvalue weighted by molar-refractivity contribution is 0.496. The molecule has 20 heavy (non-hydrogen) atoms. The quantitative estimate of drug-likeness (QED) is 0.812. The lowest BCUT2D eigenvalue weighted by Gasteiger charge is -2.28. The number of nitrogens with two attached hydrogens (primary N) is 1. The van der Waals surface area contributed by atoms with Crippen LogP contribution in [0.5, 0.6) is 0 Å². The van der Waals surface area contributed by atoms with Gasteiger partial charge in [-0.3, -0.25) is 5.10 Å². The third-order valence-corrected chi connectivity index (χ3v) is 4.35. The summed E-state index contributed by atoms with van der Waals surface area (Å²) in [6.07, 6.45) is 1.98. The summed E-state index contributed by atoms with van der Waals surface area (Å²) in [6.45, 7) is 1.83. The number of hydrogen-bond donors (Lipinski definition) is 2. The number of aromatic amines is 1. The maximum absolute atomic E-state index is 5.92. The molecule has 0 saturated carbocycles. The van der Waals surface area contributed by atoms with Crippen LogP contribution >= 0.6 is 31.9 Å². The van der Waals surface area contributed by atoms with Crippen LogP contribution < -0.4 is 10.6 Å². The smallest absolute Gasteiger partial charge is 0.245 e. The molecule has 0 radical (unpaired) electrons. The van der Waals surface area contributed by atoms with Crippen LogP contribution in [0.4, 0.5) is 5.95 Å². The van der Waals surface area contributed by atoms with E-state index < -0.39 is 0 Å². The van der Waals surface area contributed by atoms with E-state index in [0.717, 1.165) is 52.2 Å².